The monoisotopic (exact) mass is 424 g/mol. The van der Waals surface area contributed by atoms with E-state index in [-0.39, 0.29) is 5.56 Å². The van der Waals surface area contributed by atoms with Crippen LogP contribution in [-0.2, 0) is 0 Å². The molecule has 0 atom stereocenters. The quantitative estimate of drug-likeness (QED) is 0.428. The molecule has 0 spiro atoms. The first-order valence-electron chi connectivity index (χ1n) is 8.31. The molecule has 0 aliphatic carbocycles. The summed E-state index contributed by atoms with van der Waals surface area (Å²) in [6.45, 7) is 6.12. The molecule has 0 saturated heterocycles. The number of fused-ring (bicyclic) bond motifs is 1. The van der Waals surface area contributed by atoms with Crippen molar-refractivity contribution in [3.8, 4) is 22.5 Å². The molecule has 0 fully saturated rings. The van der Waals surface area contributed by atoms with Gasteiger partial charge in [0.25, 0.3) is 5.56 Å². The number of nitrogens with one attached hydrogen (secondary N) is 1. The summed E-state index contributed by atoms with van der Waals surface area (Å²) in [5.41, 5.74) is 5.10. The summed E-state index contributed by atoms with van der Waals surface area (Å²) in [6.07, 6.45) is 0. The highest BCUT2D eigenvalue weighted by molar-refractivity contribution is 9.10. The molecule has 0 unspecified atom stereocenters. The number of aromatic amines is 1. The predicted octanol–water partition coefficient (Wildman–Crippen LogP) is 6.01. The summed E-state index contributed by atoms with van der Waals surface area (Å²) < 4.78 is 0.980. The summed E-state index contributed by atoms with van der Waals surface area (Å²) in [5, 5.41) is 0.663. The lowest BCUT2D eigenvalue weighted by molar-refractivity contribution is 1.18. The second kappa shape index (κ2) is 6.49. The summed E-state index contributed by atoms with van der Waals surface area (Å²) in [5.74, 6) is 0.622. The molecule has 2 aromatic carbocycles. The topological polar surface area (TPSA) is 45.8 Å². The first-order chi connectivity index (χ1) is 12.5. The Balaban J connectivity index is 2.01. The number of halogens is 1. The fourth-order valence-electron chi connectivity index (χ4n) is 3.24. The number of benzene rings is 2. The van der Waals surface area contributed by atoms with Gasteiger partial charge in [-0.3, -0.25) is 4.79 Å². The van der Waals surface area contributed by atoms with Crippen LogP contribution in [0.3, 0.4) is 0 Å². The fourth-order valence-corrected chi connectivity index (χ4v) is 4.72. The van der Waals surface area contributed by atoms with Crippen LogP contribution in [0.15, 0.2) is 51.7 Å². The average Bonchev–Trinajstić information content (AvgIpc) is 2.94. The third-order valence-electron chi connectivity index (χ3n) is 4.53. The molecule has 0 radical (unpaired) electrons. The third kappa shape index (κ3) is 2.81. The van der Waals surface area contributed by atoms with E-state index >= 15 is 0 Å². The second-order valence-corrected chi connectivity index (χ2v) is 8.48. The van der Waals surface area contributed by atoms with E-state index in [1.807, 2.05) is 44.2 Å². The van der Waals surface area contributed by atoms with Crippen LogP contribution in [-0.4, -0.2) is 9.97 Å². The van der Waals surface area contributed by atoms with E-state index in [9.17, 15) is 4.79 Å². The zero-order valence-corrected chi connectivity index (χ0v) is 17.1. The van der Waals surface area contributed by atoms with E-state index in [0.717, 1.165) is 42.0 Å². The Labute approximate surface area is 163 Å². The molecule has 0 amide bonds. The Morgan fingerprint density at radius 3 is 2.58 bits per heavy atom. The molecule has 0 aliphatic rings. The van der Waals surface area contributed by atoms with Gasteiger partial charge >= 0.3 is 0 Å². The van der Waals surface area contributed by atoms with E-state index in [1.54, 1.807) is 11.3 Å². The highest BCUT2D eigenvalue weighted by atomic mass is 79.9. The van der Waals surface area contributed by atoms with Gasteiger partial charge in [-0.05, 0) is 38.0 Å². The lowest BCUT2D eigenvalue weighted by atomic mass is 10.0. The zero-order chi connectivity index (χ0) is 18.4. The van der Waals surface area contributed by atoms with Gasteiger partial charge in [0.05, 0.1) is 5.39 Å². The highest BCUT2D eigenvalue weighted by Gasteiger charge is 2.19. The highest BCUT2D eigenvalue weighted by Crippen LogP contribution is 2.39. The van der Waals surface area contributed by atoms with Crippen molar-refractivity contribution in [2.75, 3.05) is 0 Å². The Hall–Kier alpha value is -2.24. The molecule has 0 saturated carbocycles. The molecule has 2 heterocycles. The van der Waals surface area contributed by atoms with E-state index in [1.165, 1.54) is 0 Å². The number of aryl methyl sites for hydroxylation is 3. The summed E-state index contributed by atoms with van der Waals surface area (Å²) >= 11 is 5.19. The van der Waals surface area contributed by atoms with Crippen molar-refractivity contribution < 1.29 is 0 Å². The van der Waals surface area contributed by atoms with Gasteiger partial charge in [0, 0.05) is 20.5 Å². The number of thiophene rings is 1. The van der Waals surface area contributed by atoms with Crippen LogP contribution in [0.1, 0.15) is 16.0 Å². The molecule has 3 nitrogen and oxygen atoms in total. The maximum absolute atomic E-state index is 13.0. The smallest absolute Gasteiger partial charge is 0.260 e. The van der Waals surface area contributed by atoms with Crippen LogP contribution in [0, 0.1) is 20.8 Å². The number of H-pyrrole nitrogens is 1. The number of nitrogens with zero attached hydrogens (tertiary/aromatic N) is 1. The largest absolute Gasteiger partial charge is 0.306 e. The maximum Gasteiger partial charge on any atom is 0.260 e. The number of aromatic nitrogens is 2. The molecule has 26 heavy (non-hydrogen) atoms. The molecule has 2 aromatic heterocycles. The average molecular weight is 425 g/mol. The molecule has 0 bridgehead atoms. The van der Waals surface area contributed by atoms with Gasteiger partial charge in [-0.25, -0.2) is 4.98 Å². The van der Waals surface area contributed by atoms with Crippen molar-refractivity contribution in [1.82, 2.24) is 9.97 Å². The minimum absolute atomic E-state index is 0.0963. The van der Waals surface area contributed by atoms with E-state index in [0.29, 0.717) is 11.2 Å². The first-order valence-corrected chi connectivity index (χ1v) is 9.92. The summed E-state index contributed by atoms with van der Waals surface area (Å²) in [4.78, 5) is 22.6. The van der Waals surface area contributed by atoms with Crippen molar-refractivity contribution in [1.29, 1.82) is 0 Å². The fraction of sp³-hybridized carbons (Fsp3) is 0.143. The van der Waals surface area contributed by atoms with E-state index in [2.05, 4.69) is 40.0 Å². The normalized spacial score (nSPS) is 11.2. The van der Waals surface area contributed by atoms with E-state index < -0.39 is 0 Å². The minimum atomic E-state index is -0.0963. The van der Waals surface area contributed by atoms with Crippen molar-refractivity contribution in [3.05, 3.63) is 73.3 Å². The molecule has 4 aromatic rings. The van der Waals surface area contributed by atoms with Gasteiger partial charge in [-0.1, -0.05) is 57.9 Å². The Morgan fingerprint density at radius 2 is 1.81 bits per heavy atom. The second-order valence-electron chi connectivity index (χ2n) is 6.43. The van der Waals surface area contributed by atoms with Crippen molar-refractivity contribution >= 4 is 37.5 Å². The molecule has 4 rings (SSSR count). The molecule has 0 aliphatic heterocycles. The lowest BCUT2D eigenvalue weighted by Gasteiger charge is -2.07. The standard InChI is InChI=1S/C21H17BrN2OS/c1-11-8-9-16(22)15(10-11)17-13(3)26-21-18(17)20(25)23-19(24-21)14-7-5-4-6-12(14)2/h4-10H,1-3H3,(H,23,24,25). The number of rotatable bonds is 2. The summed E-state index contributed by atoms with van der Waals surface area (Å²) in [7, 11) is 0. The third-order valence-corrected chi connectivity index (χ3v) is 6.22. The summed E-state index contributed by atoms with van der Waals surface area (Å²) in [6, 6.07) is 14.1. The Bertz CT molecular complexity index is 1210. The minimum Gasteiger partial charge on any atom is -0.306 e. The van der Waals surface area contributed by atoms with Crippen LogP contribution in [0.25, 0.3) is 32.7 Å². The van der Waals surface area contributed by atoms with E-state index in [4.69, 9.17) is 4.98 Å². The number of hydrogen-bond donors (Lipinski definition) is 1. The van der Waals surface area contributed by atoms with Gasteiger partial charge < -0.3 is 4.98 Å². The number of hydrogen-bond acceptors (Lipinski definition) is 3. The molecule has 130 valence electrons. The van der Waals surface area contributed by atoms with Crippen molar-refractivity contribution in [2.24, 2.45) is 0 Å². The predicted molar refractivity (Wildman–Crippen MR) is 113 cm³/mol. The zero-order valence-electron chi connectivity index (χ0n) is 14.7. The van der Waals surface area contributed by atoms with Gasteiger partial charge in [0.2, 0.25) is 0 Å². The SMILES string of the molecule is Cc1ccc(Br)c(-c2c(C)sc3nc(-c4ccccc4C)[nH]c(=O)c23)c1. The molecule has 1 N–H and O–H groups in total. The van der Waals surface area contributed by atoms with Crippen molar-refractivity contribution in [2.45, 2.75) is 20.8 Å². The van der Waals surface area contributed by atoms with Crippen LogP contribution >= 0.6 is 27.3 Å². The molecular formula is C21H17BrN2OS. The Kier molecular flexibility index (Phi) is 4.29. The van der Waals surface area contributed by atoms with Crippen LogP contribution < -0.4 is 5.56 Å². The molecule has 5 heteroatoms. The van der Waals surface area contributed by atoms with Crippen LogP contribution in [0.2, 0.25) is 0 Å². The Morgan fingerprint density at radius 1 is 1.04 bits per heavy atom. The van der Waals surface area contributed by atoms with Crippen molar-refractivity contribution in [3.63, 3.8) is 0 Å². The first kappa shape index (κ1) is 17.2. The van der Waals surface area contributed by atoms with Gasteiger partial charge in [-0.15, -0.1) is 11.3 Å². The lowest BCUT2D eigenvalue weighted by Crippen LogP contribution is -2.09. The van der Waals surface area contributed by atoms with Gasteiger partial charge in [0.1, 0.15) is 10.7 Å². The molecular weight excluding hydrogens is 408 g/mol. The van der Waals surface area contributed by atoms with Gasteiger partial charge in [-0.2, -0.15) is 0 Å². The van der Waals surface area contributed by atoms with Crippen LogP contribution in [0.5, 0.6) is 0 Å². The maximum atomic E-state index is 13.0. The van der Waals surface area contributed by atoms with Gasteiger partial charge in [0.15, 0.2) is 0 Å². The van der Waals surface area contributed by atoms with Crippen LogP contribution in [0.4, 0.5) is 0 Å².